The highest BCUT2D eigenvalue weighted by Crippen LogP contribution is 2.67. The molecule has 2 heteroatoms. The Labute approximate surface area is 248 Å². The molecule has 0 aromatic rings. The van der Waals surface area contributed by atoms with E-state index < -0.39 is 0 Å². The standard InChI is InChI=1S/C35H51I2/c1-5-19-36-23-35(21-26-9-10-26)18-16-28-27(22-35)11-12-30-29(28)15-17-34(4)31(13-14-32(30)34)24(2)25(3)33-8-6-7-20-37-33/h6-10,20,25-32H,2,5,11-19,21-23H2,1,3-4H3/q+1/t25-,27+,28-,29+,30+,31+,32-,34+,35+/m0/s1. The Morgan fingerprint density at radius 2 is 1.89 bits per heavy atom. The Kier molecular flexibility index (Phi) is 8.37. The van der Waals surface area contributed by atoms with Crippen molar-refractivity contribution in [3.8, 4) is 0 Å². The third kappa shape index (κ3) is 5.35. The van der Waals surface area contributed by atoms with Gasteiger partial charge in [0.05, 0.1) is 0 Å². The fourth-order valence-corrected chi connectivity index (χ4v) is 15.7. The van der Waals surface area contributed by atoms with Gasteiger partial charge in [-0.2, -0.15) is 0 Å². The van der Waals surface area contributed by atoms with Gasteiger partial charge in [0.15, 0.2) is 0 Å². The van der Waals surface area contributed by atoms with E-state index in [0.717, 1.165) is 46.8 Å². The van der Waals surface area contributed by atoms with E-state index in [1.165, 1.54) is 38.5 Å². The zero-order valence-electron chi connectivity index (χ0n) is 23.7. The van der Waals surface area contributed by atoms with Gasteiger partial charge < -0.3 is 0 Å². The van der Waals surface area contributed by atoms with Gasteiger partial charge >= 0.3 is 0 Å². The average Bonchev–Trinajstić information content (AvgIpc) is 3.65. The van der Waals surface area contributed by atoms with Crippen LogP contribution in [-0.2, 0) is 0 Å². The van der Waals surface area contributed by atoms with E-state index in [0.29, 0.717) is 32.5 Å². The largest absolute Gasteiger partial charge is 0.269 e. The van der Waals surface area contributed by atoms with Crippen molar-refractivity contribution in [1.29, 1.82) is 0 Å². The summed E-state index contributed by atoms with van der Waals surface area (Å²) in [6.07, 6.45) is 28.7. The first-order chi connectivity index (χ1) is 17.9. The van der Waals surface area contributed by atoms with E-state index in [1.807, 2.05) is 0 Å². The van der Waals surface area contributed by atoms with Crippen LogP contribution in [0.2, 0.25) is 0 Å². The summed E-state index contributed by atoms with van der Waals surface area (Å²) >= 11 is 0.493. The molecule has 0 spiro atoms. The highest BCUT2D eigenvalue weighted by atomic mass is 127. The molecule has 0 nitrogen and oxygen atoms in total. The number of fused-ring (bicyclic) bond motifs is 5. The van der Waals surface area contributed by atoms with Crippen molar-refractivity contribution in [3.63, 3.8) is 0 Å². The molecule has 4 fully saturated rings. The molecule has 0 aromatic heterocycles. The molecular formula is C35H51I2+. The Bertz CT molecular complexity index is 979. The Morgan fingerprint density at radius 1 is 1.05 bits per heavy atom. The molecule has 5 aliphatic carbocycles. The summed E-state index contributed by atoms with van der Waals surface area (Å²) in [5.41, 5.74) is 2.84. The second kappa shape index (κ2) is 11.3. The quantitative estimate of drug-likeness (QED) is 0.107. The normalized spacial score (nSPS) is 43.3. The van der Waals surface area contributed by atoms with Gasteiger partial charge in [-0.1, -0.05) is 84.0 Å². The van der Waals surface area contributed by atoms with Crippen LogP contribution >= 0.6 is 20.7 Å². The molecule has 6 rings (SSSR count). The van der Waals surface area contributed by atoms with E-state index in [1.54, 1.807) is 50.1 Å². The van der Waals surface area contributed by atoms with Crippen molar-refractivity contribution < 1.29 is 21.2 Å². The number of hydrogen-bond donors (Lipinski definition) is 0. The highest BCUT2D eigenvalue weighted by molar-refractivity contribution is 14.2. The van der Waals surface area contributed by atoms with Crippen LogP contribution in [0.1, 0.15) is 91.4 Å². The van der Waals surface area contributed by atoms with Crippen molar-refractivity contribution >= 4 is 24.7 Å². The first kappa shape index (κ1) is 27.5. The fraction of sp³-hybridized carbons (Fsp3) is 0.743. The van der Waals surface area contributed by atoms with Crippen molar-refractivity contribution in [2.75, 3.05) is 8.86 Å². The number of halogens is 2. The number of alkyl halides is 2. The van der Waals surface area contributed by atoms with Crippen LogP contribution in [0.25, 0.3) is 0 Å². The predicted molar refractivity (Wildman–Crippen MR) is 166 cm³/mol. The first-order valence-electron chi connectivity index (χ1n) is 15.7. The second-order valence-electron chi connectivity index (χ2n) is 14.1. The summed E-state index contributed by atoms with van der Waals surface area (Å²) < 4.78 is 7.31. The smallest absolute Gasteiger partial charge is 0.0989 e. The van der Waals surface area contributed by atoms with Gasteiger partial charge in [-0.05, 0) is 125 Å². The van der Waals surface area contributed by atoms with Crippen molar-refractivity contribution in [1.82, 2.24) is 0 Å². The molecule has 0 amide bonds. The third-order valence-electron chi connectivity index (χ3n) is 12.1. The second-order valence-corrected chi connectivity index (χ2v) is 19.6. The van der Waals surface area contributed by atoms with Gasteiger partial charge in [0.25, 0.3) is 21.2 Å². The van der Waals surface area contributed by atoms with Gasteiger partial charge in [0.2, 0.25) is 0 Å². The molecule has 0 bridgehead atoms. The van der Waals surface area contributed by atoms with Gasteiger partial charge in [-0.15, -0.1) is 0 Å². The summed E-state index contributed by atoms with van der Waals surface area (Å²) in [5.74, 6) is 7.39. The van der Waals surface area contributed by atoms with Crippen LogP contribution in [0.3, 0.4) is 0 Å². The minimum atomic E-state index is 0.0705. The van der Waals surface area contributed by atoms with E-state index in [4.69, 9.17) is 6.58 Å². The summed E-state index contributed by atoms with van der Waals surface area (Å²) in [5, 5.41) is 0. The third-order valence-corrected chi connectivity index (χ3v) is 18.9. The maximum absolute atomic E-state index is 4.83. The van der Waals surface area contributed by atoms with Crippen LogP contribution in [0.15, 0.2) is 46.1 Å². The Morgan fingerprint density at radius 3 is 2.65 bits per heavy atom. The maximum atomic E-state index is 4.83. The van der Waals surface area contributed by atoms with Gasteiger partial charge in [0, 0.05) is 11.3 Å². The van der Waals surface area contributed by atoms with Crippen molar-refractivity contribution in [3.05, 3.63) is 46.1 Å². The zero-order valence-corrected chi connectivity index (χ0v) is 28.1. The van der Waals surface area contributed by atoms with Gasteiger partial charge in [-0.25, -0.2) is 0 Å². The first-order valence-corrected chi connectivity index (χ1v) is 21.1. The highest BCUT2D eigenvalue weighted by Gasteiger charge is 2.58. The van der Waals surface area contributed by atoms with Crippen LogP contribution in [0.4, 0.5) is 0 Å². The van der Waals surface area contributed by atoms with Crippen LogP contribution in [0, 0.1) is 58.2 Å². The summed E-state index contributed by atoms with van der Waals surface area (Å²) in [7, 11) is 0. The molecule has 1 aliphatic heterocycles. The Balaban J connectivity index is 1.14. The topological polar surface area (TPSA) is 0 Å². The van der Waals surface area contributed by atoms with Crippen LogP contribution < -0.4 is 21.2 Å². The molecule has 0 saturated heterocycles. The number of rotatable bonds is 9. The molecule has 4 saturated carbocycles. The molecule has 204 valence electrons. The maximum Gasteiger partial charge on any atom is 0.269 e. The summed E-state index contributed by atoms with van der Waals surface area (Å²) in [6.45, 7) is 12.4. The minimum absolute atomic E-state index is 0.0705. The molecule has 0 radical (unpaired) electrons. The van der Waals surface area contributed by atoms with Crippen LogP contribution in [0.5, 0.6) is 0 Å². The molecule has 9 atom stereocenters. The van der Waals surface area contributed by atoms with Crippen LogP contribution in [-0.4, -0.2) is 12.9 Å². The van der Waals surface area contributed by atoms with Crippen molar-refractivity contribution in [2.45, 2.75) is 91.4 Å². The zero-order chi connectivity index (χ0) is 25.6. The molecule has 0 aromatic carbocycles. The van der Waals surface area contributed by atoms with Gasteiger partial charge in [0.1, 0.15) is 8.86 Å². The van der Waals surface area contributed by atoms with E-state index in [-0.39, 0.29) is 20.7 Å². The summed E-state index contributed by atoms with van der Waals surface area (Å²) in [4.78, 5) is 0. The number of allylic oxidation sites excluding steroid dienone is 7. The molecule has 6 aliphatic rings. The predicted octanol–water partition coefficient (Wildman–Crippen LogP) is 6.74. The van der Waals surface area contributed by atoms with Crippen molar-refractivity contribution in [2.24, 2.45) is 58.2 Å². The fourth-order valence-electron chi connectivity index (χ4n) is 10.2. The molecule has 1 heterocycles. The lowest BCUT2D eigenvalue weighted by Gasteiger charge is -2.57. The molecule has 0 N–H and O–H groups in total. The molecular weight excluding hydrogens is 674 g/mol. The SMILES string of the molecule is C=C([C@H](C)C1=CC=CC=I1)[C@H]1CC[C@H]2[C@@H]3CC[C@@H]4C[C@](C[I+]CCC)(CC5C=C5)CC[C@@H]4[C@H]3CC[C@]12C. The van der Waals surface area contributed by atoms with Gasteiger partial charge in [-0.3, -0.25) is 0 Å². The molecule has 0 unspecified atom stereocenters. The Hall–Kier alpha value is 0.290. The minimum Gasteiger partial charge on any atom is -0.0989 e. The lowest BCUT2D eigenvalue weighted by molar-refractivity contribution is -0.667. The van der Waals surface area contributed by atoms with E-state index >= 15 is 0 Å². The van der Waals surface area contributed by atoms with E-state index in [9.17, 15) is 0 Å². The molecule has 37 heavy (non-hydrogen) atoms. The lowest BCUT2D eigenvalue weighted by Crippen LogP contribution is -3.64. The lowest BCUT2D eigenvalue weighted by atomic mass is 9.47. The monoisotopic (exact) mass is 725 g/mol. The average molecular weight is 726 g/mol. The summed E-state index contributed by atoms with van der Waals surface area (Å²) in [6, 6.07) is 0. The van der Waals surface area contributed by atoms with E-state index in [2.05, 4.69) is 55.2 Å². The number of hydrogen-bond acceptors (Lipinski definition) is 0.